The van der Waals surface area contributed by atoms with Gasteiger partial charge in [0.05, 0.1) is 0 Å². The molecule has 1 fully saturated rings. The van der Waals surface area contributed by atoms with Gasteiger partial charge in [0.25, 0.3) is 0 Å². The van der Waals surface area contributed by atoms with Gasteiger partial charge >= 0.3 is 0 Å². The first-order chi connectivity index (χ1) is 8.70. The molecule has 2 rings (SSSR count). The number of amides is 1. The standard InChI is InChI=1S/C14H18N2O2/c15-14(18)13-6-2-1-5-12(13)9-16-7-3-4-11(8-16)10-17/h1-2,5-6,10-11H,3-4,7-9H2,(H2,15,18). The maximum absolute atomic E-state index is 11.3. The Labute approximate surface area is 107 Å². The Morgan fingerprint density at radius 1 is 1.44 bits per heavy atom. The first-order valence-electron chi connectivity index (χ1n) is 6.26. The predicted molar refractivity (Wildman–Crippen MR) is 69.0 cm³/mol. The van der Waals surface area contributed by atoms with Gasteiger partial charge in [-0.1, -0.05) is 18.2 Å². The molecule has 1 aliphatic rings. The third-order valence-electron chi connectivity index (χ3n) is 3.41. The second-order valence-corrected chi connectivity index (χ2v) is 4.79. The van der Waals surface area contributed by atoms with E-state index in [0.717, 1.165) is 37.8 Å². The van der Waals surface area contributed by atoms with Crippen molar-refractivity contribution in [3.05, 3.63) is 35.4 Å². The van der Waals surface area contributed by atoms with Gasteiger partial charge < -0.3 is 10.5 Å². The number of hydrogen-bond donors (Lipinski definition) is 1. The first-order valence-corrected chi connectivity index (χ1v) is 6.26. The van der Waals surface area contributed by atoms with Crippen molar-refractivity contribution in [2.45, 2.75) is 19.4 Å². The van der Waals surface area contributed by atoms with Crippen molar-refractivity contribution in [3.63, 3.8) is 0 Å². The van der Waals surface area contributed by atoms with Crippen LogP contribution in [0.3, 0.4) is 0 Å². The average molecular weight is 246 g/mol. The number of nitrogens with two attached hydrogens (primary N) is 1. The van der Waals surface area contributed by atoms with Crippen LogP contribution in [0.5, 0.6) is 0 Å². The topological polar surface area (TPSA) is 63.4 Å². The van der Waals surface area contributed by atoms with E-state index < -0.39 is 5.91 Å². The van der Waals surface area contributed by atoms with E-state index in [1.54, 1.807) is 6.07 Å². The third-order valence-corrected chi connectivity index (χ3v) is 3.41. The minimum atomic E-state index is -0.394. The van der Waals surface area contributed by atoms with E-state index in [9.17, 15) is 9.59 Å². The van der Waals surface area contributed by atoms with Crippen LogP contribution in [0.1, 0.15) is 28.8 Å². The van der Waals surface area contributed by atoms with Crippen LogP contribution < -0.4 is 5.73 Å². The summed E-state index contributed by atoms with van der Waals surface area (Å²) in [5.74, 6) is -0.269. The van der Waals surface area contributed by atoms with Gasteiger partial charge in [0.2, 0.25) is 5.91 Å². The third kappa shape index (κ3) is 2.96. The lowest BCUT2D eigenvalue weighted by atomic mass is 9.98. The molecule has 1 unspecified atom stereocenters. The Balaban J connectivity index is 2.09. The summed E-state index contributed by atoms with van der Waals surface area (Å²) < 4.78 is 0. The van der Waals surface area contributed by atoms with Crippen LogP contribution in [-0.4, -0.2) is 30.2 Å². The number of carbonyl (C=O) groups is 2. The molecule has 1 saturated heterocycles. The van der Waals surface area contributed by atoms with Gasteiger partial charge in [-0.05, 0) is 31.0 Å². The highest BCUT2D eigenvalue weighted by Gasteiger charge is 2.20. The molecule has 96 valence electrons. The largest absolute Gasteiger partial charge is 0.366 e. The predicted octanol–water partition coefficient (Wildman–Crippen LogP) is 1.20. The van der Waals surface area contributed by atoms with E-state index in [0.29, 0.717) is 12.1 Å². The number of likely N-dealkylation sites (tertiary alicyclic amines) is 1. The molecule has 1 atom stereocenters. The lowest BCUT2D eigenvalue weighted by Gasteiger charge is -2.30. The molecule has 1 heterocycles. The highest BCUT2D eigenvalue weighted by atomic mass is 16.1. The number of hydrogen-bond acceptors (Lipinski definition) is 3. The fourth-order valence-corrected chi connectivity index (χ4v) is 2.49. The van der Waals surface area contributed by atoms with Gasteiger partial charge in [0.15, 0.2) is 0 Å². The normalized spacial score (nSPS) is 20.6. The second kappa shape index (κ2) is 5.78. The van der Waals surface area contributed by atoms with E-state index in [4.69, 9.17) is 5.73 Å². The molecular formula is C14H18N2O2. The van der Waals surface area contributed by atoms with Crippen molar-refractivity contribution in [1.82, 2.24) is 4.90 Å². The SMILES string of the molecule is NC(=O)c1ccccc1CN1CCCC(C=O)C1. The van der Waals surface area contributed by atoms with Gasteiger partial charge in [-0.15, -0.1) is 0 Å². The molecule has 1 amide bonds. The molecule has 0 radical (unpaired) electrons. The van der Waals surface area contributed by atoms with Crippen molar-refractivity contribution in [3.8, 4) is 0 Å². The first kappa shape index (κ1) is 12.8. The average Bonchev–Trinajstić information content (AvgIpc) is 2.39. The van der Waals surface area contributed by atoms with Gasteiger partial charge in [-0.25, -0.2) is 0 Å². The number of nitrogens with zero attached hydrogens (tertiary/aromatic N) is 1. The molecule has 1 aromatic rings. The van der Waals surface area contributed by atoms with Crippen molar-refractivity contribution >= 4 is 12.2 Å². The molecule has 1 aliphatic heterocycles. The summed E-state index contributed by atoms with van der Waals surface area (Å²) in [6, 6.07) is 7.39. The Bertz CT molecular complexity index is 445. The van der Waals surface area contributed by atoms with Crippen molar-refractivity contribution in [2.75, 3.05) is 13.1 Å². The van der Waals surface area contributed by atoms with E-state index in [-0.39, 0.29) is 5.92 Å². The highest BCUT2D eigenvalue weighted by Crippen LogP contribution is 2.18. The van der Waals surface area contributed by atoms with Crippen LogP contribution in [0.2, 0.25) is 0 Å². The molecule has 0 aliphatic carbocycles. The summed E-state index contributed by atoms with van der Waals surface area (Å²) in [7, 11) is 0. The fraction of sp³-hybridized carbons (Fsp3) is 0.429. The maximum Gasteiger partial charge on any atom is 0.249 e. The molecule has 4 heteroatoms. The Morgan fingerprint density at radius 2 is 2.22 bits per heavy atom. The van der Waals surface area contributed by atoms with Crippen LogP contribution in [0.4, 0.5) is 0 Å². The molecule has 1 aromatic carbocycles. The molecular weight excluding hydrogens is 228 g/mol. The van der Waals surface area contributed by atoms with Crippen LogP contribution in [0.25, 0.3) is 0 Å². The zero-order chi connectivity index (χ0) is 13.0. The number of rotatable bonds is 4. The Kier molecular flexibility index (Phi) is 4.10. The van der Waals surface area contributed by atoms with Gasteiger partial charge in [-0.2, -0.15) is 0 Å². The van der Waals surface area contributed by atoms with Crippen molar-refractivity contribution < 1.29 is 9.59 Å². The summed E-state index contributed by atoms with van der Waals surface area (Å²) in [5.41, 5.74) is 6.88. The van der Waals surface area contributed by atoms with Crippen molar-refractivity contribution in [1.29, 1.82) is 0 Å². The molecule has 0 saturated carbocycles. The number of benzene rings is 1. The van der Waals surface area contributed by atoms with Gasteiger partial charge in [-0.3, -0.25) is 9.69 Å². The molecule has 0 aromatic heterocycles. The van der Waals surface area contributed by atoms with E-state index in [1.807, 2.05) is 18.2 Å². The zero-order valence-corrected chi connectivity index (χ0v) is 10.3. The Hall–Kier alpha value is -1.68. The van der Waals surface area contributed by atoms with Crippen molar-refractivity contribution in [2.24, 2.45) is 11.7 Å². The monoisotopic (exact) mass is 246 g/mol. The number of piperidine rings is 1. The fourth-order valence-electron chi connectivity index (χ4n) is 2.49. The smallest absolute Gasteiger partial charge is 0.249 e. The zero-order valence-electron chi connectivity index (χ0n) is 10.3. The summed E-state index contributed by atoms with van der Waals surface area (Å²) in [4.78, 5) is 24.4. The summed E-state index contributed by atoms with van der Waals surface area (Å²) in [6.45, 7) is 2.43. The Morgan fingerprint density at radius 3 is 2.94 bits per heavy atom. The van der Waals surface area contributed by atoms with Crippen LogP contribution in [0.15, 0.2) is 24.3 Å². The minimum Gasteiger partial charge on any atom is -0.366 e. The highest BCUT2D eigenvalue weighted by molar-refractivity contribution is 5.94. The molecule has 4 nitrogen and oxygen atoms in total. The maximum atomic E-state index is 11.3. The van der Waals surface area contributed by atoms with E-state index >= 15 is 0 Å². The second-order valence-electron chi connectivity index (χ2n) is 4.79. The van der Waals surface area contributed by atoms with Gasteiger partial charge in [0, 0.05) is 24.6 Å². The van der Waals surface area contributed by atoms with E-state index in [2.05, 4.69) is 4.90 Å². The number of primary amides is 1. The number of carbonyl (C=O) groups excluding carboxylic acids is 2. The molecule has 0 bridgehead atoms. The van der Waals surface area contributed by atoms with Crippen LogP contribution in [-0.2, 0) is 11.3 Å². The number of aldehydes is 1. The lowest BCUT2D eigenvalue weighted by molar-refractivity contribution is -0.112. The van der Waals surface area contributed by atoms with Gasteiger partial charge in [0.1, 0.15) is 6.29 Å². The molecule has 18 heavy (non-hydrogen) atoms. The molecule has 2 N–H and O–H groups in total. The summed E-state index contributed by atoms with van der Waals surface area (Å²) >= 11 is 0. The minimum absolute atomic E-state index is 0.125. The summed E-state index contributed by atoms with van der Waals surface area (Å²) in [5, 5.41) is 0. The quantitative estimate of drug-likeness (QED) is 0.812. The lowest BCUT2D eigenvalue weighted by Crippen LogP contribution is -2.36. The summed E-state index contributed by atoms with van der Waals surface area (Å²) in [6.07, 6.45) is 3.03. The van der Waals surface area contributed by atoms with Crippen LogP contribution >= 0.6 is 0 Å². The van der Waals surface area contributed by atoms with Crippen LogP contribution in [0, 0.1) is 5.92 Å². The molecule has 0 spiro atoms. The van der Waals surface area contributed by atoms with E-state index in [1.165, 1.54) is 0 Å².